The van der Waals surface area contributed by atoms with Gasteiger partial charge in [-0.3, -0.25) is 0 Å². The fourth-order valence-corrected chi connectivity index (χ4v) is 2.99. The molecule has 0 bridgehead atoms. The van der Waals surface area contributed by atoms with E-state index in [1.165, 1.54) is 12.1 Å². The van der Waals surface area contributed by atoms with E-state index in [0.29, 0.717) is 0 Å². The number of nitrogens with two attached hydrogens (primary N) is 1. The second-order valence-electron chi connectivity index (χ2n) is 3.72. The summed E-state index contributed by atoms with van der Waals surface area (Å²) < 4.78 is 62.7. The molecule has 0 saturated heterocycles. The second-order valence-corrected chi connectivity index (χ2v) is 7.26. The van der Waals surface area contributed by atoms with Gasteiger partial charge in [-0.15, -0.1) is 0 Å². The maximum Gasteiger partial charge on any atom is 0.245 e. The van der Waals surface area contributed by atoms with Crippen molar-refractivity contribution in [3.63, 3.8) is 0 Å². The SMILES string of the molecule is CS(=O)(=O)NCCNS(=O)(=O)c1c(N)cccc1F. The van der Waals surface area contributed by atoms with E-state index >= 15 is 0 Å². The summed E-state index contributed by atoms with van der Waals surface area (Å²) in [5.74, 6) is -0.969. The van der Waals surface area contributed by atoms with E-state index in [2.05, 4.69) is 9.44 Å². The first kappa shape index (κ1) is 15.8. The van der Waals surface area contributed by atoms with Gasteiger partial charge in [0, 0.05) is 13.1 Å². The lowest BCUT2D eigenvalue weighted by molar-refractivity contribution is 0.555. The summed E-state index contributed by atoms with van der Waals surface area (Å²) in [5.41, 5.74) is 5.19. The predicted octanol–water partition coefficient (Wildman–Crippen LogP) is -0.765. The van der Waals surface area contributed by atoms with Crippen LogP contribution in [-0.4, -0.2) is 36.2 Å². The smallest absolute Gasteiger partial charge is 0.245 e. The van der Waals surface area contributed by atoms with Crippen LogP contribution < -0.4 is 15.2 Å². The molecule has 1 rings (SSSR count). The molecule has 0 atom stereocenters. The molecule has 0 heterocycles. The van der Waals surface area contributed by atoms with Crippen molar-refractivity contribution in [1.82, 2.24) is 9.44 Å². The summed E-state index contributed by atoms with van der Waals surface area (Å²) in [7, 11) is -7.53. The maximum atomic E-state index is 13.4. The summed E-state index contributed by atoms with van der Waals surface area (Å²) in [6.07, 6.45) is 0.941. The number of nitrogens with one attached hydrogen (secondary N) is 2. The topological polar surface area (TPSA) is 118 Å². The van der Waals surface area contributed by atoms with Gasteiger partial charge in [-0.2, -0.15) is 0 Å². The number of nitrogen functional groups attached to an aromatic ring is 1. The van der Waals surface area contributed by atoms with Gasteiger partial charge in [0.05, 0.1) is 11.9 Å². The lowest BCUT2D eigenvalue weighted by Crippen LogP contribution is -2.34. The Morgan fingerprint density at radius 1 is 1.16 bits per heavy atom. The van der Waals surface area contributed by atoms with Gasteiger partial charge in [0.2, 0.25) is 20.0 Å². The maximum absolute atomic E-state index is 13.4. The van der Waals surface area contributed by atoms with Crippen LogP contribution in [0.1, 0.15) is 0 Å². The number of halogens is 1. The molecule has 0 aliphatic carbocycles. The molecule has 108 valence electrons. The molecule has 0 aromatic heterocycles. The first-order valence-electron chi connectivity index (χ1n) is 5.12. The highest BCUT2D eigenvalue weighted by molar-refractivity contribution is 7.89. The highest BCUT2D eigenvalue weighted by Crippen LogP contribution is 2.20. The van der Waals surface area contributed by atoms with Crippen LogP contribution in [0.5, 0.6) is 0 Å². The summed E-state index contributed by atoms with van der Waals surface area (Å²) in [4.78, 5) is -0.644. The second kappa shape index (κ2) is 5.82. The Hall–Kier alpha value is -1.23. The minimum Gasteiger partial charge on any atom is -0.398 e. The van der Waals surface area contributed by atoms with E-state index in [1.807, 2.05) is 0 Å². The van der Waals surface area contributed by atoms with Crippen molar-refractivity contribution < 1.29 is 21.2 Å². The molecule has 7 nitrogen and oxygen atoms in total. The van der Waals surface area contributed by atoms with Crippen LogP contribution in [0, 0.1) is 5.82 Å². The minimum absolute atomic E-state index is 0.146. The Balaban J connectivity index is 2.77. The number of sulfonamides is 2. The Morgan fingerprint density at radius 2 is 1.74 bits per heavy atom. The van der Waals surface area contributed by atoms with Crippen LogP contribution >= 0.6 is 0 Å². The van der Waals surface area contributed by atoms with Crippen LogP contribution in [0.25, 0.3) is 0 Å². The summed E-state index contributed by atoms with van der Waals surface area (Å²) in [6, 6.07) is 3.51. The molecule has 1 aromatic rings. The Bertz CT molecular complexity index is 638. The van der Waals surface area contributed by atoms with Crippen LogP contribution in [0.4, 0.5) is 10.1 Å². The number of rotatable bonds is 6. The third-order valence-corrected chi connectivity index (χ3v) is 4.33. The molecule has 0 saturated carbocycles. The van der Waals surface area contributed by atoms with Crippen molar-refractivity contribution in [2.24, 2.45) is 0 Å². The Labute approximate surface area is 111 Å². The van der Waals surface area contributed by atoms with E-state index in [9.17, 15) is 21.2 Å². The fraction of sp³-hybridized carbons (Fsp3) is 0.333. The van der Waals surface area contributed by atoms with Crippen molar-refractivity contribution in [1.29, 1.82) is 0 Å². The van der Waals surface area contributed by atoms with Crippen LogP contribution in [0.2, 0.25) is 0 Å². The highest BCUT2D eigenvalue weighted by atomic mass is 32.2. The predicted molar refractivity (Wildman–Crippen MR) is 68.8 cm³/mol. The largest absolute Gasteiger partial charge is 0.398 e. The van der Waals surface area contributed by atoms with Crippen LogP contribution in [-0.2, 0) is 20.0 Å². The summed E-state index contributed by atoms with van der Waals surface area (Å²) >= 11 is 0. The average molecular weight is 311 g/mol. The zero-order chi connectivity index (χ0) is 14.7. The van der Waals surface area contributed by atoms with Gasteiger partial charge in [0.1, 0.15) is 10.7 Å². The van der Waals surface area contributed by atoms with Crippen molar-refractivity contribution in [3.8, 4) is 0 Å². The standard InChI is InChI=1S/C9H14FN3O4S2/c1-18(14,15)12-5-6-13-19(16,17)9-7(10)3-2-4-8(9)11/h2-4,12-13H,5-6,11H2,1H3. The highest BCUT2D eigenvalue weighted by Gasteiger charge is 2.21. The first-order valence-corrected chi connectivity index (χ1v) is 8.49. The molecule has 0 aliphatic heterocycles. The normalized spacial score (nSPS) is 12.5. The third-order valence-electron chi connectivity index (χ3n) is 2.05. The number of anilines is 1. The molecule has 10 heteroatoms. The monoisotopic (exact) mass is 311 g/mol. The molecule has 4 N–H and O–H groups in total. The summed E-state index contributed by atoms with van der Waals surface area (Å²) in [6.45, 7) is -0.365. The molecule has 0 amide bonds. The van der Waals surface area contributed by atoms with Gasteiger partial charge in [0.25, 0.3) is 0 Å². The van der Waals surface area contributed by atoms with Crippen molar-refractivity contribution in [2.75, 3.05) is 25.1 Å². The van der Waals surface area contributed by atoms with E-state index in [-0.39, 0.29) is 18.8 Å². The lowest BCUT2D eigenvalue weighted by atomic mass is 10.3. The van der Waals surface area contributed by atoms with Gasteiger partial charge in [-0.25, -0.2) is 30.7 Å². The fourth-order valence-electron chi connectivity index (χ4n) is 1.30. The zero-order valence-corrected chi connectivity index (χ0v) is 11.7. The van der Waals surface area contributed by atoms with Gasteiger partial charge in [0.15, 0.2) is 0 Å². The molecular weight excluding hydrogens is 297 g/mol. The molecular formula is C9H14FN3O4S2. The van der Waals surface area contributed by atoms with E-state index in [1.54, 1.807) is 0 Å². The third kappa shape index (κ3) is 4.74. The van der Waals surface area contributed by atoms with E-state index in [0.717, 1.165) is 12.3 Å². The van der Waals surface area contributed by atoms with Crippen LogP contribution in [0.15, 0.2) is 23.1 Å². The van der Waals surface area contributed by atoms with Crippen LogP contribution in [0.3, 0.4) is 0 Å². The molecule has 19 heavy (non-hydrogen) atoms. The first-order chi connectivity index (χ1) is 8.63. The van der Waals surface area contributed by atoms with Gasteiger partial charge in [-0.05, 0) is 12.1 Å². The van der Waals surface area contributed by atoms with Gasteiger partial charge < -0.3 is 5.73 Å². The number of benzene rings is 1. The molecule has 0 unspecified atom stereocenters. The van der Waals surface area contributed by atoms with E-state index in [4.69, 9.17) is 5.73 Å². The van der Waals surface area contributed by atoms with Crippen molar-refractivity contribution >= 4 is 25.7 Å². The molecule has 0 spiro atoms. The Morgan fingerprint density at radius 3 is 2.26 bits per heavy atom. The van der Waals surface area contributed by atoms with Gasteiger partial charge >= 0.3 is 0 Å². The zero-order valence-electron chi connectivity index (χ0n) is 10.1. The summed E-state index contributed by atoms with van der Waals surface area (Å²) in [5, 5.41) is 0. The van der Waals surface area contributed by atoms with Crippen molar-refractivity contribution in [2.45, 2.75) is 4.90 Å². The molecule has 0 radical (unpaired) electrons. The quantitative estimate of drug-likeness (QED) is 0.471. The molecule has 1 aromatic carbocycles. The lowest BCUT2D eigenvalue weighted by Gasteiger charge is -2.09. The van der Waals surface area contributed by atoms with E-state index < -0.39 is 30.8 Å². The minimum atomic E-state index is -4.12. The Kier molecular flexibility index (Phi) is 4.85. The molecule has 0 aliphatic rings. The van der Waals surface area contributed by atoms with Crippen molar-refractivity contribution in [3.05, 3.63) is 24.0 Å². The number of hydrogen-bond acceptors (Lipinski definition) is 5. The average Bonchev–Trinajstić information content (AvgIpc) is 2.22. The van der Waals surface area contributed by atoms with Gasteiger partial charge in [-0.1, -0.05) is 6.07 Å². The number of hydrogen-bond donors (Lipinski definition) is 3. The molecule has 0 fully saturated rings.